The topological polar surface area (TPSA) is 119 Å². The maximum Gasteiger partial charge on any atom is 0.264 e. The summed E-state index contributed by atoms with van der Waals surface area (Å²) in [5.41, 5.74) is 7.85. The third kappa shape index (κ3) is 5.23. The van der Waals surface area contributed by atoms with Gasteiger partial charge in [0, 0.05) is 48.2 Å². The molecule has 0 bridgehead atoms. The smallest absolute Gasteiger partial charge is 0.264 e. The number of hydrogen-bond acceptors (Lipinski definition) is 7. The van der Waals surface area contributed by atoms with Gasteiger partial charge in [-0.25, -0.2) is 13.1 Å². The van der Waals surface area contributed by atoms with Crippen molar-refractivity contribution in [2.24, 2.45) is 7.05 Å². The molecule has 272 valence electrons. The van der Waals surface area contributed by atoms with Crippen molar-refractivity contribution in [2.45, 2.75) is 88.1 Å². The average molecular weight is 723 g/mol. The second-order valence-corrected chi connectivity index (χ2v) is 17.2. The predicted molar refractivity (Wildman–Crippen MR) is 201 cm³/mol. The molecule has 1 unspecified atom stereocenters. The number of nitrogens with one attached hydrogen (secondary N) is 1. The van der Waals surface area contributed by atoms with Gasteiger partial charge in [-0.1, -0.05) is 38.7 Å². The zero-order valence-corrected chi connectivity index (χ0v) is 30.9. The molecule has 9 rings (SSSR count). The van der Waals surface area contributed by atoms with Crippen LogP contribution in [0, 0.1) is 0 Å². The van der Waals surface area contributed by atoms with Gasteiger partial charge in [0.25, 0.3) is 11.8 Å². The van der Waals surface area contributed by atoms with Crippen LogP contribution in [0.2, 0.25) is 0 Å². The highest BCUT2D eigenvalue weighted by molar-refractivity contribution is 7.90. The third-order valence-corrected chi connectivity index (χ3v) is 14.4. The Labute approximate surface area is 304 Å². The highest BCUT2D eigenvalue weighted by Gasteiger charge is 2.53. The standard InChI is InChI=1S/C40H46N6O5S/c1-4-44-22-35-34(44)23-46(35)40(48)32-20-41-43(2)37(32)27-17-26-18-28(51-3)14-16-30(26)38-36(24-9-6-5-7-10-24)31-15-13-25(19-33(31)45(38)21-27)39(47)42-52(49,50)29-11-8-12-29/h13-20,24,29,34-35H,4-12,21-23H2,1-3H3,(H,42,47)/t34?,35-/m1/s1. The number of likely N-dealkylation sites (N-methyl/N-ethyl adjacent to an activating group) is 1. The zero-order valence-electron chi connectivity index (χ0n) is 30.1. The molecule has 4 aromatic rings. The average Bonchev–Trinajstić information content (AvgIpc) is 3.59. The molecule has 2 atom stereocenters. The van der Waals surface area contributed by atoms with Crippen LogP contribution in [-0.4, -0.2) is 88.5 Å². The van der Waals surface area contributed by atoms with Gasteiger partial charge in [0.1, 0.15) is 5.75 Å². The quantitative estimate of drug-likeness (QED) is 0.245. The molecule has 2 amide bonds. The largest absolute Gasteiger partial charge is 0.497 e. The van der Waals surface area contributed by atoms with Crippen molar-refractivity contribution in [3.05, 3.63) is 70.5 Å². The van der Waals surface area contributed by atoms with Crippen molar-refractivity contribution in [1.82, 2.24) is 28.9 Å². The van der Waals surface area contributed by atoms with E-state index in [9.17, 15) is 18.0 Å². The van der Waals surface area contributed by atoms with E-state index in [1.165, 1.54) is 12.0 Å². The van der Waals surface area contributed by atoms with Crippen LogP contribution in [0.25, 0.3) is 33.8 Å². The lowest BCUT2D eigenvalue weighted by molar-refractivity contribution is -0.0995. The number of ether oxygens (including phenoxy) is 1. The number of carbonyl (C=O) groups excluding carboxylic acids is 2. The molecule has 5 aliphatic rings. The first-order valence-corrected chi connectivity index (χ1v) is 20.4. The van der Waals surface area contributed by atoms with Gasteiger partial charge in [0.05, 0.1) is 48.1 Å². The minimum absolute atomic E-state index is 0.00299. The molecule has 0 radical (unpaired) electrons. The number of nitrogens with zero attached hydrogens (tertiary/aromatic N) is 5. The van der Waals surface area contributed by atoms with Crippen LogP contribution in [-0.2, 0) is 23.6 Å². The summed E-state index contributed by atoms with van der Waals surface area (Å²) >= 11 is 0. The molecule has 4 fully saturated rings. The monoisotopic (exact) mass is 722 g/mol. The van der Waals surface area contributed by atoms with Gasteiger partial charge in [-0.2, -0.15) is 5.10 Å². The molecule has 2 aliphatic carbocycles. The van der Waals surface area contributed by atoms with Crippen molar-refractivity contribution in [2.75, 3.05) is 26.7 Å². The van der Waals surface area contributed by atoms with E-state index in [2.05, 4.69) is 44.4 Å². The van der Waals surface area contributed by atoms with Crippen molar-refractivity contribution in [3.63, 3.8) is 0 Å². The van der Waals surface area contributed by atoms with Gasteiger partial charge in [-0.15, -0.1) is 0 Å². The summed E-state index contributed by atoms with van der Waals surface area (Å²) in [6, 6.07) is 12.5. The summed E-state index contributed by atoms with van der Waals surface area (Å²) < 4.78 is 38.1. The number of carbonyl (C=O) groups is 2. The first kappa shape index (κ1) is 33.4. The van der Waals surface area contributed by atoms with Gasteiger partial charge in [0.2, 0.25) is 10.0 Å². The number of amides is 2. The van der Waals surface area contributed by atoms with Crippen molar-refractivity contribution < 1.29 is 22.7 Å². The van der Waals surface area contributed by atoms with Gasteiger partial charge < -0.3 is 14.2 Å². The zero-order chi connectivity index (χ0) is 35.9. The van der Waals surface area contributed by atoms with Gasteiger partial charge >= 0.3 is 0 Å². The number of aromatic nitrogens is 3. The second-order valence-electron chi connectivity index (χ2n) is 15.3. The van der Waals surface area contributed by atoms with Crippen LogP contribution >= 0.6 is 0 Å². The molecule has 2 aromatic heterocycles. The molecule has 2 aromatic carbocycles. The van der Waals surface area contributed by atoms with Gasteiger partial charge in [-0.3, -0.25) is 19.2 Å². The van der Waals surface area contributed by atoms with E-state index in [4.69, 9.17) is 4.74 Å². The predicted octanol–water partition coefficient (Wildman–Crippen LogP) is 5.79. The SMILES string of the molecule is CCN1C[C@@H]2C1CN2C(=O)c1cnn(C)c1C1=Cc2cc(OC)ccc2-c2c(C3CCCCC3)c3ccc(C(=O)NS(=O)(=O)C4CCC4)cc3n2C1. The second kappa shape index (κ2) is 12.6. The highest BCUT2D eigenvalue weighted by atomic mass is 32.2. The fourth-order valence-corrected chi connectivity index (χ4v) is 10.8. The van der Waals surface area contributed by atoms with Crippen molar-refractivity contribution >= 4 is 44.4 Å². The van der Waals surface area contributed by atoms with Gasteiger partial charge in [0.15, 0.2) is 0 Å². The van der Waals surface area contributed by atoms with Crippen LogP contribution in [0.3, 0.4) is 0 Å². The van der Waals surface area contributed by atoms with Crippen molar-refractivity contribution in [1.29, 1.82) is 0 Å². The van der Waals surface area contributed by atoms with E-state index in [1.54, 1.807) is 24.1 Å². The van der Waals surface area contributed by atoms with Crippen LogP contribution in [0.15, 0.2) is 42.6 Å². The summed E-state index contributed by atoms with van der Waals surface area (Å²) in [6.07, 6.45) is 11.6. The number of sulfonamides is 1. The third-order valence-electron chi connectivity index (χ3n) is 12.5. The van der Waals surface area contributed by atoms with Crippen LogP contribution in [0.5, 0.6) is 5.75 Å². The van der Waals surface area contributed by atoms with Crippen LogP contribution in [0.4, 0.5) is 0 Å². The van der Waals surface area contributed by atoms with Crippen molar-refractivity contribution in [3.8, 4) is 17.0 Å². The Morgan fingerprint density at radius 1 is 0.962 bits per heavy atom. The maximum atomic E-state index is 14.2. The Morgan fingerprint density at radius 3 is 2.46 bits per heavy atom. The Bertz CT molecular complexity index is 2260. The lowest BCUT2D eigenvalue weighted by atomic mass is 9.81. The minimum atomic E-state index is -3.75. The Hall–Kier alpha value is -4.42. The number of rotatable bonds is 8. The molecule has 11 nitrogen and oxygen atoms in total. The summed E-state index contributed by atoms with van der Waals surface area (Å²) in [5, 5.41) is 5.19. The summed E-state index contributed by atoms with van der Waals surface area (Å²) in [7, 11) is -0.192. The summed E-state index contributed by atoms with van der Waals surface area (Å²) in [6.45, 7) is 5.21. The lowest BCUT2D eigenvalue weighted by Crippen LogP contribution is -2.79. The van der Waals surface area contributed by atoms with E-state index in [-0.39, 0.29) is 11.9 Å². The molecular weight excluding hydrogens is 677 g/mol. The first-order chi connectivity index (χ1) is 25.2. The molecular formula is C40H46N6O5S. The van der Waals surface area contributed by atoms with E-state index in [0.29, 0.717) is 42.5 Å². The molecule has 12 heteroatoms. The normalized spacial score (nSPS) is 21.9. The number of benzene rings is 2. The molecule has 3 aliphatic heterocycles. The molecule has 2 saturated heterocycles. The highest BCUT2D eigenvalue weighted by Crippen LogP contribution is 2.48. The minimum Gasteiger partial charge on any atom is -0.497 e. The molecule has 2 saturated carbocycles. The van der Waals surface area contributed by atoms with E-state index >= 15 is 0 Å². The molecule has 0 spiro atoms. The number of hydrogen-bond donors (Lipinski definition) is 1. The number of piperazine rings is 1. The number of likely N-dealkylation sites (tertiary alicyclic amines) is 2. The number of fused-ring (bicyclic) bond motifs is 6. The Balaban J connectivity index is 1.19. The molecule has 52 heavy (non-hydrogen) atoms. The number of allylic oxidation sites excluding steroid dienone is 1. The van der Waals surface area contributed by atoms with E-state index < -0.39 is 21.2 Å². The Kier molecular flexibility index (Phi) is 8.11. The lowest BCUT2D eigenvalue weighted by Gasteiger charge is -2.61. The molecule has 1 N–H and O–H groups in total. The maximum absolute atomic E-state index is 14.2. The van der Waals surface area contributed by atoms with Crippen LogP contribution in [0.1, 0.15) is 102 Å². The fourth-order valence-electron chi connectivity index (χ4n) is 9.35. The Morgan fingerprint density at radius 2 is 1.77 bits per heavy atom. The van der Waals surface area contributed by atoms with E-state index in [1.807, 2.05) is 30.1 Å². The number of aryl methyl sites for hydroxylation is 1. The fraction of sp³-hybridized carbons (Fsp3) is 0.475. The molecule has 5 heterocycles. The van der Waals surface area contributed by atoms with Gasteiger partial charge in [-0.05, 0) is 91.3 Å². The van der Waals surface area contributed by atoms with E-state index in [0.717, 1.165) is 96.5 Å². The summed E-state index contributed by atoms with van der Waals surface area (Å²) in [5.74, 6) is 0.468. The summed E-state index contributed by atoms with van der Waals surface area (Å²) in [4.78, 5) is 32.2. The van der Waals surface area contributed by atoms with Crippen LogP contribution < -0.4 is 9.46 Å². The number of methoxy groups -OCH3 is 1. The first-order valence-electron chi connectivity index (χ1n) is 18.8.